The Kier molecular flexibility index (Phi) is 5.15. The first-order valence-corrected chi connectivity index (χ1v) is 6.40. The van der Waals surface area contributed by atoms with E-state index in [1.165, 1.54) is 0 Å². The van der Waals surface area contributed by atoms with Crippen LogP contribution >= 0.6 is 0 Å². The summed E-state index contributed by atoms with van der Waals surface area (Å²) in [6, 6.07) is 7.58. The van der Waals surface area contributed by atoms with Gasteiger partial charge in [-0.15, -0.1) is 0 Å². The fourth-order valence-corrected chi connectivity index (χ4v) is 2.19. The molecule has 1 saturated heterocycles. The van der Waals surface area contributed by atoms with Gasteiger partial charge in [0, 0.05) is 7.11 Å². The summed E-state index contributed by atoms with van der Waals surface area (Å²) in [5, 5.41) is 18.8. The lowest BCUT2D eigenvalue weighted by Crippen LogP contribution is -2.38. The number of methoxy groups -OCH3 is 1. The Morgan fingerprint density at radius 2 is 2.00 bits per heavy atom. The Morgan fingerprint density at radius 1 is 1.26 bits per heavy atom. The van der Waals surface area contributed by atoms with Gasteiger partial charge in [0.25, 0.3) is 0 Å². The minimum absolute atomic E-state index is 0.0861. The van der Waals surface area contributed by atoms with Crippen LogP contribution in [-0.2, 0) is 9.47 Å². The maximum atomic E-state index is 9.66. The number of benzene rings is 1. The summed E-state index contributed by atoms with van der Waals surface area (Å²) in [6.45, 7) is 0.0603. The quantitative estimate of drug-likeness (QED) is 0.786. The molecule has 106 valence electrons. The van der Waals surface area contributed by atoms with Crippen molar-refractivity contribution in [3.05, 3.63) is 29.8 Å². The minimum Gasteiger partial charge on any atom is -0.468 e. The maximum Gasteiger partial charge on any atom is 0.188 e. The molecule has 1 fully saturated rings. The van der Waals surface area contributed by atoms with Crippen molar-refractivity contribution in [2.24, 2.45) is 0 Å². The largest absolute Gasteiger partial charge is 0.468 e. The first-order valence-electron chi connectivity index (χ1n) is 6.40. The van der Waals surface area contributed by atoms with Crippen LogP contribution in [0.3, 0.4) is 0 Å². The van der Waals surface area contributed by atoms with E-state index in [2.05, 4.69) is 0 Å². The molecule has 0 unspecified atom stereocenters. The van der Waals surface area contributed by atoms with Gasteiger partial charge in [0.2, 0.25) is 0 Å². The van der Waals surface area contributed by atoms with Gasteiger partial charge in [-0.2, -0.15) is 0 Å². The molecular formula is C14H20O5. The van der Waals surface area contributed by atoms with Gasteiger partial charge in [-0.05, 0) is 30.5 Å². The lowest BCUT2D eigenvalue weighted by molar-refractivity contribution is -0.135. The molecule has 19 heavy (non-hydrogen) atoms. The molecule has 2 rings (SSSR count). The Balaban J connectivity index is 1.98. The fraction of sp³-hybridized carbons (Fsp3) is 0.571. The standard InChI is InChI=1S/C14H20O5/c1-17-9-18-11-4-2-10(3-5-11)13-7-6-12(16)14(8-15)19-13/h2-5,12-16H,6-9H2,1H3/t12-,13+,14+/m0/s1. The smallest absolute Gasteiger partial charge is 0.188 e. The molecule has 0 aliphatic carbocycles. The third-order valence-corrected chi connectivity index (χ3v) is 3.27. The van der Waals surface area contributed by atoms with Crippen LogP contribution in [0.4, 0.5) is 0 Å². The summed E-state index contributed by atoms with van der Waals surface area (Å²) in [4.78, 5) is 0. The zero-order chi connectivity index (χ0) is 13.7. The van der Waals surface area contributed by atoms with E-state index in [4.69, 9.17) is 19.3 Å². The van der Waals surface area contributed by atoms with E-state index in [1.807, 2.05) is 24.3 Å². The van der Waals surface area contributed by atoms with E-state index in [-0.39, 0.29) is 19.5 Å². The fourth-order valence-electron chi connectivity index (χ4n) is 2.19. The summed E-state index contributed by atoms with van der Waals surface area (Å²) in [5.74, 6) is 0.736. The molecule has 1 aliphatic heterocycles. The van der Waals surface area contributed by atoms with Crippen molar-refractivity contribution < 1.29 is 24.4 Å². The van der Waals surface area contributed by atoms with Crippen LogP contribution in [0.2, 0.25) is 0 Å². The molecule has 0 aromatic heterocycles. The molecule has 0 amide bonds. The van der Waals surface area contributed by atoms with Crippen molar-refractivity contribution in [3.63, 3.8) is 0 Å². The molecule has 1 aromatic carbocycles. The van der Waals surface area contributed by atoms with E-state index in [0.29, 0.717) is 6.42 Å². The molecule has 0 radical (unpaired) electrons. The molecule has 5 nitrogen and oxygen atoms in total. The van der Waals surface area contributed by atoms with E-state index < -0.39 is 12.2 Å². The predicted octanol–water partition coefficient (Wildman–Crippen LogP) is 1.24. The van der Waals surface area contributed by atoms with Gasteiger partial charge in [0.05, 0.1) is 18.8 Å². The van der Waals surface area contributed by atoms with Crippen LogP contribution in [0.25, 0.3) is 0 Å². The summed E-state index contributed by atoms with van der Waals surface area (Å²) in [5.41, 5.74) is 1.02. The number of aliphatic hydroxyl groups excluding tert-OH is 2. The zero-order valence-corrected chi connectivity index (χ0v) is 11.0. The maximum absolute atomic E-state index is 9.66. The molecule has 0 bridgehead atoms. The van der Waals surface area contributed by atoms with Crippen molar-refractivity contribution in [1.29, 1.82) is 0 Å². The summed E-state index contributed by atoms with van der Waals surface area (Å²) in [7, 11) is 1.57. The second-order valence-corrected chi connectivity index (χ2v) is 4.61. The number of aliphatic hydroxyl groups is 2. The van der Waals surface area contributed by atoms with E-state index in [9.17, 15) is 5.11 Å². The first-order chi connectivity index (χ1) is 9.24. The van der Waals surface area contributed by atoms with Crippen LogP contribution in [0.1, 0.15) is 24.5 Å². The van der Waals surface area contributed by atoms with Gasteiger partial charge < -0.3 is 24.4 Å². The van der Waals surface area contributed by atoms with E-state index in [0.717, 1.165) is 17.7 Å². The van der Waals surface area contributed by atoms with Crippen LogP contribution in [0.15, 0.2) is 24.3 Å². The minimum atomic E-state index is -0.578. The summed E-state index contributed by atoms with van der Waals surface area (Å²) < 4.78 is 15.8. The third-order valence-electron chi connectivity index (χ3n) is 3.27. The molecule has 1 aromatic rings. The highest BCUT2D eigenvalue weighted by molar-refractivity contribution is 5.28. The first kappa shape index (κ1) is 14.3. The topological polar surface area (TPSA) is 68.2 Å². The summed E-state index contributed by atoms with van der Waals surface area (Å²) >= 11 is 0. The van der Waals surface area contributed by atoms with Crippen molar-refractivity contribution in [3.8, 4) is 5.75 Å². The second kappa shape index (κ2) is 6.86. The number of hydrogen-bond acceptors (Lipinski definition) is 5. The molecule has 1 aliphatic rings. The van der Waals surface area contributed by atoms with Gasteiger partial charge >= 0.3 is 0 Å². The Hall–Kier alpha value is -1.14. The van der Waals surface area contributed by atoms with E-state index in [1.54, 1.807) is 7.11 Å². The SMILES string of the molecule is COCOc1ccc([C@H]2CC[C@H](O)[C@@H](CO)O2)cc1. The van der Waals surface area contributed by atoms with Crippen LogP contribution in [-0.4, -0.2) is 42.9 Å². The molecular weight excluding hydrogens is 248 g/mol. The highest BCUT2D eigenvalue weighted by Crippen LogP contribution is 2.32. The monoisotopic (exact) mass is 268 g/mol. The third kappa shape index (κ3) is 3.67. The molecule has 2 N–H and O–H groups in total. The highest BCUT2D eigenvalue weighted by Gasteiger charge is 2.30. The van der Waals surface area contributed by atoms with Crippen LogP contribution in [0.5, 0.6) is 5.75 Å². The van der Waals surface area contributed by atoms with Crippen molar-refractivity contribution in [1.82, 2.24) is 0 Å². The van der Waals surface area contributed by atoms with Gasteiger partial charge in [-0.1, -0.05) is 12.1 Å². The van der Waals surface area contributed by atoms with Gasteiger partial charge in [0.1, 0.15) is 11.9 Å². The number of rotatable bonds is 5. The molecule has 1 heterocycles. The van der Waals surface area contributed by atoms with E-state index >= 15 is 0 Å². The Bertz CT molecular complexity index is 378. The highest BCUT2D eigenvalue weighted by atomic mass is 16.7. The second-order valence-electron chi connectivity index (χ2n) is 4.61. The predicted molar refractivity (Wildman–Crippen MR) is 68.9 cm³/mol. The molecule has 5 heteroatoms. The average Bonchev–Trinajstić information content (AvgIpc) is 2.46. The molecule has 3 atom stereocenters. The normalized spacial score (nSPS) is 27.2. The van der Waals surface area contributed by atoms with Gasteiger partial charge in [-0.25, -0.2) is 0 Å². The Labute approximate surface area is 112 Å². The molecule has 0 saturated carbocycles. The van der Waals surface area contributed by atoms with Gasteiger partial charge in [-0.3, -0.25) is 0 Å². The summed E-state index contributed by atoms with van der Waals surface area (Å²) in [6.07, 6.45) is 0.221. The van der Waals surface area contributed by atoms with Crippen molar-refractivity contribution in [2.75, 3.05) is 20.5 Å². The lowest BCUT2D eigenvalue weighted by atomic mass is 9.96. The van der Waals surface area contributed by atoms with Crippen LogP contribution in [0, 0.1) is 0 Å². The van der Waals surface area contributed by atoms with Crippen molar-refractivity contribution >= 4 is 0 Å². The average molecular weight is 268 g/mol. The molecule has 0 spiro atoms. The Morgan fingerprint density at radius 3 is 2.63 bits per heavy atom. The number of ether oxygens (including phenoxy) is 3. The zero-order valence-electron chi connectivity index (χ0n) is 11.0. The van der Waals surface area contributed by atoms with Gasteiger partial charge in [0.15, 0.2) is 6.79 Å². The van der Waals surface area contributed by atoms with Crippen LogP contribution < -0.4 is 4.74 Å². The van der Waals surface area contributed by atoms with Crippen molar-refractivity contribution in [2.45, 2.75) is 31.2 Å². The lowest BCUT2D eigenvalue weighted by Gasteiger charge is -2.33. The number of hydrogen-bond donors (Lipinski definition) is 2.